The van der Waals surface area contributed by atoms with Crippen LogP contribution < -0.4 is 0 Å². The Balaban J connectivity index is 1.19. The molecule has 44 heavy (non-hydrogen) atoms. The van der Waals surface area contributed by atoms with Crippen LogP contribution in [0.15, 0.2) is 55.0 Å². The molecule has 0 spiro atoms. The van der Waals surface area contributed by atoms with Gasteiger partial charge in [0.2, 0.25) is 0 Å². The number of H-pyrrole nitrogens is 3. The molecular weight excluding hydrogens is 540 g/mol. The van der Waals surface area contributed by atoms with Gasteiger partial charge in [-0.2, -0.15) is 15.3 Å². The summed E-state index contributed by atoms with van der Waals surface area (Å²) in [5, 5.41) is 26.4. The predicted molar refractivity (Wildman–Crippen MR) is 184 cm³/mol. The molecule has 3 N–H and O–H groups in total. The fourth-order valence-corrected chi connectivity index (χ4v) is 7.68. The van der Waals surface area contributed by atoms with Crippen LogP contribution in [0.4, 0.5) is 0 Å². The molecule has 0 atom stereocenters. The van der Waals surface area contributed by atoms with E-state index in [2.05, 4.69) is 122 Å². The van der Waals surface area contributed by atoms with E-state index in [1.54, 1.807) is 0 Å². The summed E-state index contributed by atoms with van der Waals surface area (Å²) in [5.74, 6) is 0. The zero-order chi connectivity index (χ0) is 31.3. The van der Waals surface area contributed by atoms with E-state index in [1.165, 1.54) is 73.4 Å². The van der Waals surface area contributed by atoms with Gasteiger partial charge in [-0.05, 0) is 101 Å². The van der Waals surface area contributed by atoms with E-state index in [-0.39, 0.29) is 16.2 Å². The van der Waals surface area contributed by atoms with Crippen molar-refractivity contribution in [3.05, 3.63) is 88.4 Å². The van der Waals surface area contributed by atoms with E-state index in [9.17, 15) is 0 Å². The number of fused-ring (bicyclic) bond motifs is 3. The van der Waals surface area contributed by atoms with Crippen LogP contribution in [-0.4, -0.2) is 30.6 Å². The Morgan fingerprint density at radius 1 is 0.591 bits per heavy atom. The summed E-state index contributed by atoms with van der Waals surface area (Å²) in [6.45, 7) is 18.9. The SMILES string of the molecule is Cc1ccc2cn[nH]c2c1C(C)(C)CCc1cc2cn[nH]c2c(C(C)(C)CCCCC(C)(C)c2ccc3cn[nH]c3c2)c1C. The quantitative estimate of drug-likeness (QED) is 0.132. The summed E-state index contributed by atoms with van der Waals surface area (Å²) in [7, 11) is 0. The smallest absolute Gasteiger partial charge is 0.0690 e. The topological polar surface area (TPSA) is 86.0 Å². The number of benzene rings is 3. The van der Waals surface area contributed by atoms with Gasteiger partial charge in [-0.3, -0.25) is 15.3 Å². The van der Waals surface area contributed by atoms with Gasteiger partial charge in [0.1, 0.15) is 0 Å². The first-order valence-electron chi connectivity index (χ1n) is 16.2. The second-order valence-electron chi connectivity index (χ2n) is 15.0. The first-order valence-corrected chi connectivity index (χ1v) is 16.2. The third-order valence-electron chi connectivity index (χ3n) is 10.4. The number of aromatic nitrogens is 6. The van der Waals surface area contributed by atoms with Gasteiger partial charge in [0.15, 0.2) is 0 Å². The number of rotatable bonds is 11. The molecule has 0 aliphatic heterocycles. The molecule has 0 fully saturated rings. The molecule has 6 nitrogen and oxygen atoms in total. The van der Waals surface area contributed by atoms with E-state index < -0.39 is 0 Å². The Morgan fingerprint density at radius 2 is 1.18 bits per heavy atom. The van der Waals surface area contributed by atoms with Gasteiger partial charge in [0.05, 0.1) is 35.1 Å². The molecule has 230 valence electrons. The van der Waals surface area contributed by atoms with Crippen molar-refractivity contribution in [1.29, 1.82) is 0 Å². The molecule has 0 aliphatic carbocycles. The van der Waals surface area contributed by atoms with Crippen LogP contribution in [0.25, 0.3) is 32.7 Å². The minimum absolute atomic E-state index is 0.00166. The van der Waals surface area contributed by atoms with Crippen LogP contribution in [0.5, 0.6) is 0 Å². The minimum Gasteiger partial charge on any atom is -0.278 e. The number of hydrogen-bond acceptors (Lipinski definition) is 3. The lowest BCUT2D eigenvalue weighted by molar-refractivity contribution is 0.403. The molecule has 6 rings (SSSR count). The number of aryl methyl sites for hydroxylation is 2. The number of aromatic amines is 3. The lowest BCUT2D eigenvalue weighted by Gasteiger charge is -2.31. The molecule has 3 heterocycles. The van der Waals surface area contributed by atoms with Crippen LogP contribution in [0.2, 0.25) is 0 Å². The first kappa shape index (κ1) is 30.1. The van der Waals surface area contributed by atoms with Crippen molar-refractivity contribution >= 4 is 32.7 Å². The van der Waals surface area contributed by atoms with E-state index in [4.69, 9.17) is 0 Å². The molecular formula is C38H48N6. The van der Waals surface area contributed by atoms with E-state index in [1.807, 2.05) is 18.6 Å². The van der Waals surface area contributed by atoms with Crippen LogP contribution in [-0.2, 0) is 22.7 Å². The van der Waals surface area contributed by atoms with E-state index in [0.29, 0.717) is 0 Å². The maximum Gasteiger partial charge on any atom is 0.0690 e. The Labute approximate surface area is 261 Å². The normalized spacial score (nSPS) is 13.1. The van der Waals surface area contributed by atoms with Crippen molar-refractivity contribution in [2.24, 2.45) is 0 Å². The van der Waals surface area contributed by atoms with Crippen LogP contribution in [0, 0.1) is 13.8 Å². The Kier molecular flexibility index (Phi) is 7.67. The first-order chi connectivity index (χ1) is 20.9. The third-order valence-corrected chi connectivity index (χ3v) is 10.4. The molecule has 3 aromatic heterocycles. The Bertz CT molecular complexity index is 1930. The summed E-state index contributed by atoms with van der Waals surface area (Å²) in [5.41, 5.74) is 12.0. The van der Waals surface area contributed by atoms with Gasteiger partial charge < -0.3 is 0 Å². The fourth-order valence-electron chi connectivity index (χ4n) is 7.68. The Morgan fingerprint density at radius 3 is 1.93 bits per heavy atom. The highest BCUT2D eigenvalue weighted by Crippen LogP contribution is 2.41. The number of hydrogen-bond donors (Lipinski definition) is 3. The largest absolute Gasteiger partial charge is 0.278 e. The lowest BCUT2D eigenvalue weighted by atomic mass is 9.73. The van der Waals surface area contributed by atoms with E-state index >= 15 is 0 Å². The molecule has 0 amide bonds. The zero-order valence-electron chi connectivity index (χ0n) is 27.8. The summed E-state index contributed by atoms with van der Waals surface area (Å²) in [6, 6.07) is 13.5. The van der Waals surface area contributed by atoms with Crippen molar-refractivity contribution < 1.29 is 0 Å². The van der Waals surface area contributed by atoms with Gasteiger partial charge >= 0.3 is 0 Å². The van der Waals surface area contributed by atoms with Crippen LogP contribution in [0.3, 0.4) is 0 Å². The maximum atomic E-state index is 4.49. The second-order valence-corrected chi connectivity index (χ2v) is 15.0. The highest BCUT2D eigenvalue weighted by atomic mass is 15.1. The highest BCUT2D eigenvalue weighted by molar-refractivity contribution is 5.85. The van der Waals surface area contributed by atoms with Gasteiger partial charge in [0, 0.05) is 16.2 Å². The Hall–Kier alpha value is -3.93. The maximum absolute atomic E-state index is 4.49. The predicted octanol–water partition coefficient (Wildman–Crippen LogP) is 9.66. The summed E-state index contributed by atoms with van der Waals surface area (Å²) >= 11 is 0. The van der Waals surface area contributed by atoms with Crippen molar-refractivity contribution in [1.82, 2.24) is 30.6 Å². The molecule has 6 aromatic rings. The molecule has 0 radical (unpaired) electrons. The zero-order valence-corrected chi connectivity index (χ0v) is 27.8. The molecule has 3 aromatic carbocycles. The van der Waals surface area contributed by atoms with Crippen LogP contribution in [0.1, 0.15) is 107 Å². The monoisotopic (exact) mass is 588 g/mol. The lowest BCUT2D eigenvalue weighted by Crippen LogP contribution is -2.23. The average molecular weight is 589 g/mol. The van der Waals surface area contributed by atoms with Gasteiger partial charge in [-0.1, -0.05) is 78.6 Å². The van der Waals surface area contributed by atoms with Crippen LogP contribution >= 0.6 is 0 Å². The highest BCUT2D eigenvalue weighted by Gasteiger charge is 2.30. The van der Waals surface area contributed by atoms with Gasteiger partial charge in [-0.25, -0.2) is 0 Å². The van der Waals surface area contributed by atoms with Gasteiger partial charge in [0.25, 0.3) is 0 Å². The number of unbranched alkanes of at least 4 members (excludes halogenated alkanes) is 1. The molecule has 0 bridgehead atoms. The standard InChI is InChI=1S/C38H48N6/c1-24-11-12-28-22-40-43-34(28)32(24)38(7,8)18-15-26-19-29-23-41-44-35(29)33(25(26)2)37(5,6)17-10-9-16-36(3,4)30-14-13-27-21-39-42-31(27)20-30/h11-14,19-23H,9-10,15-18H2,1-8H3,(H,39,42)(H,40,43)(H,41,44). The molecule has 0 saturated carbocycles. The van der Waals surface area contributed by atoms with Crippen molar-refractivity contribution in [3.8, 4) is 0 Å². The summed E-state index contributed by atoms with van der Waals surface area (Å²) in [4.78, 5) is 0. The van der Waals surface area contributed by atoms with Crippen molar-refractivity contribution in [3.63, 3.8) is 0 Å². The minimum atomic E-state index is -0.00166. The average Bonchev–Trinajstić information content (AvgIpc) is 3.74. The molecule has 0 unspecified atom stereocenters. The summed E-state index contributed by atoms with van der Waals surface area (Å²) < 4.78 is 0. The van der Waals surface area contributed by atoms with Crippen molar-refractivity contribution in [2.75, 3.05) is 0 Å². The number of nitrogens with one attached hydrogen (secondary N) is 3. The molecule has 0 aliphatic rings. The third kappa shape index (κ3) is 5.55. The molecule has 0 saturated heterocycles. The fraction of sp³-hybridized carbons (Fsp3) is 0.447. The molecule has 6 heteroatoms. The second kappa shape index (κ2) is 11.2. The van der Waals surface area contributed by atoms with Gasteiger partial charge in [-0.15, -0.1) is 0 Å². The van der Waals surface area contributed by atoms with E-state index in [0.717, 1.165) is 31.2 Å². The summed E-state index contributed by atoms with van der Waals surface area (Å²) in [6.07, 6.45) is 12.5. The number of nitrogens with zero attached hydrogens (tertiary/aromatic N) is 3. The van der Waals surface area contributed by atoms with Crippen molar-refractivity contribution in [2.45, 2.75) is 110 Å².